The van der Waals surface area contributed by atoms with Gasteiger partial charge in [-0.2, -0.15) is 0 Å². The Kier molecular flexibility index (Phi) is 10.4. The van der Waals surface area contributed by atoms with Crippen LogP contribution in [0.3, 0.4) is 0 Å². The number of thioether (sulfide) groups is 1. The van der Waals surface area contributed by atoms with Gasteiger partial charge in [0.1, 0.15) is 11.0 Å². The number of likely N-dealkylation sites (N-methyl/N-ethyl adjacent to an activating group) is 1. The minimum absolute atomic E-state index is 0.0673. The maximum Gasteiger partial charge on any atom is 0.251 e. The SMILES string of the molecule is CC(NC(=O)c1ccc(CSc2nc(Cl)cc(N(CCN(C)C)Cc3ccccc3)n2)cc1)c1ccccc1. The number of nitrogens with zero attached hydrogens (tertiary/aromatic N) is 4. The number of carbonyl (C=O) groups excluding carboxylic acids is 1. The number of amides is 1. The molecule has 6 nitrogen and oxygen atoms in total. The van der Waals surface area contributed by atoms with Crippen molar-refractivity contribution in [1.29, 1.82) is 0 Å². The summed E-state index contributed by atoms with van der Waals surface area (Å²) < 4.78 is 0. The van der Waals surface area contributed by atoms with Gasteiger partial charge in [0.15, 0.2) is 5.16 Å². The molecule has 0 spiro atoms. The fourth-order valence-electron chi connectivity index (χ4n) is 4.02. The van der Waals surface area contributed by atoms with E-state index in [4.69, 9.17) is 16.6 Å². The van der Waals surface area contributed by atoms with Gasteiger partial charge in [0, 0.05) is 37.0 Å². The summed E-state index contributed by atoms with van der Waals surface area (Å²) in [7, 11) is 4.13. The van der Waals surface area contributed by atoms with E-state index in [2.05, 4.69) is 46.3 Å². The first-order valence-corrected chi connectivity index (χ1v) is 14.3. The van der Waals surface area contributed by atoms with Crippen LogP contribution in [0.25, 0.3) is 0 Å². The van der Waals surface area contributed by atoms with Gasteiger partial charge in [0.05, 0.1) is 6.04 Å². The molecule has 1 unspecified atom stereocenters. The predicted molar refractivity (Wildman–Crippen MR) is 161 cm³/mol. The number of hydrogen-bond acceptors (Lipinski definition) is 6. The van der Waals surface area contributed by atoms with Crippen LogP contribution in [0.15, 0.2) is 96.2 Å². The average molecular weight is 560 g/mol. The molecule has 0 aliphatic rings. The number of rotatable bonds is 12. The van der Waals surface area contributed by atoms with Crippen LogP contribution in [0.4, 0.5) is 5.82 Å². The van der Waals surface area contributed by atoms with Gasteiger partial charge in [-0.25, -0.2) is 9.97 Å². The third-order valence-electron chi connectivity index (χ3n) is 6.25. The van der Waals surface area contributed by atoms with E-state index < -0.39 is 0 Å². The summed E-state index contributed by atoms with van der Waals surface area (Å²) in [5, 5.41) is 4.11. The number of anilines is 1. The molecule has 4 aromatic rings. The van der Waals surface area contributed by atoms with Crippen molar-refractivity contribution in [3.8, 4) is 0 Å². The van der Waals surface area contributed by atoms with Crippen molar-refractivity contribution in [2.75, 3.05) is 32.1 Å². The zero-order valence-electron chi connectivity index (χ0n) is 22.5. The van der Waals surface area contributed by atoms with Crippen LogP contribution in [-0.4, -0.2) is 48.0 Å². The van der Waals surface area contributed by atoms with Crippen molar-refractivity contribution >= 4 is 35.1 Å². The molecule has 4 rings (SSSR count). The fourth-order valence-corrected chi connectivity index (χ4v) is 5.05. The van der Waals surface area contributed by atoms with Crippen molar-refractivity contribution in [2.45, 2.75) is 30.4 Å². The average Bonchev–Trinajstić information content (AvgIpc) is 2.95. The summed E-state index contributed by atoms with van der Waals surface area (Å²) in [6, 6.07) is 29.7. The Morgan fingerprint density at radius 3 is 2.23 bits per heavy atom. The van der Waals surface area contributed by atoms with Gasteiger partial charge >= 0.3 is 0 Å². The molecule has 0 saturated heterocycles. The molecule has 0 aliphatic carbocycles. The lowest BCUT2D eigenvalue weighted by Crippen LogP contribution is -2.32. The van der Waals surface area contributed by atoms with Gasteiger partial charge < -0.3 is 15.1 Å². The molecule has 1 N–H and O–H groups in total. The molecule has 202 valence electrons. The highest BCUT2D eigenvalue weighted by molar-refractivity contribution is 7.98. The Morgan fingerprint density at radius 1 is 0.897 bits per heavy atom. The molecule has 39 heavy (non-hydrogen) atoms. The van der Waals surface area contributed by atoms with Crippen LogP contribution >= 0.6 is 23.4 Å². The molecule has 0 aliphatic heterocycles. The Morgan fingerprint density at radius 2 is 1.56 bits per heavy atom. The fraction of sp³-hybridized carbons (Fsp3) is 0.258. The largest absolute Gasteiger partial charge is 0.351 e. The minimum Gasteiger partial charge on any atom is -0.351 e. The third-order valence-corrected chi connectivity index (χ3v) is 7.36. The number of aromatic nitrogens is 2. The number of benzene rings is 3. The molecule has 1 heterocycles. The molecule has 1 atom stereocenters. The van der Waals surface area contributed by atoms with Crippen molar-refractivity contribution in [3.05, 3.63) is 118 Å². The van der Waals surface area contributed by atoms with Crippen LogP contribution in [0.1, 0.15) is 40.0 Å². The monoisotopic (exact) mass is 559 g/mol. The van der Waals surface area contributed by atoms with Crippen LogP contribution in [0, 0.1) is 0 Å². The lowest BCUT2D eigenvalue weighted by molar-refractivity contribution is 0.0940. The van der Waals surface area contributed by atoms with Crippen molar-refractivity contribution in [1.82, 2.24) is 20.2 Å². The van der Waals surface area contributed by atoms with Crippen LogP contribution in [-0.2, 0) is 12.3 Å². The van der Waals surface area contributed by atoms with Crippen LogP contribution in [0.5, 0.6) is 0 Å². The van der Waals surface area contributed by atoms with Crippen LogP contribution < -0.4 is 10.2 Å². The Balaban J connectivity index is 1.40. The standard InChI is InChI=1S/C31H34ClN5OS/c1-23(26-12-8-5-9-13-26)33-30(38)27-16-14-25(15-17-27)22-39-31-34-28(32)20-29(35-31)37(19-18-36(2)3)21-24-10-6-4-7-11-24/h4-17,20,23H,18-19,21-22H2,1-3H3,(H,33,38). The molecular weight excluding hydrogens is 526 g/mol. The van der Waals surface area contributed by atoms with E-state index in [-0.39, 0.29) is 11.9 Å². The van der Waals surface area contributed by atoms with Gasteiger partial charge in [-0.3, -0.25) is 4.79 Å². The van der Waals surface area contributed by atoms with E-state index in [0.717, 1.165) is 36.6 Å². The van der Waals surface area contributed by atoms with E-state index in [1.807, 2.05) is 85.8 Å². The Hall–Kier alpha value is -3.39. The third kappa shape index (κ3) is 8.82. The van der Waals surface area contributed by atoms with Crippen LogP contribution in [0.2, 0.25) is 5.15 Å². The highest BCUT2D eigenvalue weighted by Gasteiger charge is 2.14. The summed E-state index contributed by atoms with van der Waals surface area (Å²) >= 11 is 7.96. The summed E-state index contributed by atoms with van der Waals surface area (Å²) in [6.45, 7) is 4.42. The molecule has 8 heteroatoms. The molecule has 1 amide bonds. The molecule has 1 aromatic heterocycles. The quantitative estimate of drug-likeness (QED) is 0.122. The molecular formula is C31H34ClN5OS. The number of hydrogen-bond donors (Lipinski definition) is 1. The summed E-state index contributed by atoms with van der Waals surface area (Å²) in [5.74, 6) is 1.38. The van der Waals surface area contributed by atoms with Gasteiger partial charge in [0.2, 0.25) is 0 Å². The predicted octanol–water partition coefficient (Wildman–Crippen LogP) is 6.48. The normalized spacial score (nSPS) is 11.8. The summed E-state index contributed by atoms with van der Waals surface area (Å²) in [5.41, 5.74) is 3.99. The maximum atomic E-state index is 12.7. The topological polar surface area (TPSA) is 61.4 Å². The zero-order chi connectivity index (χ0) is 27.6. The molecule has 0 radical (unpaired) electrons. The highest BCUT2D eigenvalue weighted by atomic mass is 35.5. The maximum absolute atomic E-state index is 12.7. The Labute approximate surface area is 240 Å². The Bertz CT molecular complexity index is 1340. The zero-order valence-corrected chi connectivity index (χ0v) is 24.1. The van der Waals surface area contributed by atoms with Crippen molar-refractivity contribution in [2.24, 2.45) is 0 Å². The lowest BCUT2D eigenvalue weighted by atomic mass is 10.1. The first-order valence-electron chi connectivity index (χ1n) is 12.9. The van der Waals surface area contributed by atoms with E-state index >= 15 is 0 Å². The molecule has 0 fully saturated rings. The summed E-state index contributed by atoms with van der Waals surface area (Å²) in [6.07, 6.45) is 0. The first-order chi connectivity index (χ1) is 18.9. The lowest BCUT2D eigenvalue weighted by Gasteiger charge is -2.26. The van der Waals surface area contributed by atoms with E-state index in [1.54, 1.807) is 0 Å². The minimum atomic E-state index is -0.0930. The second kappa shape index (κ2) is 14.1. The smallest absolute Gasteiger partial charge is 0.251 e. The second-order valence-corrected chi connectivity index (χ2v) is 11.0. The van der Waals surface area contributed by atoms with E-state index in [1.165, 1.54) is 17.3 Å². The van der Waals surface area contributed by atoms with E-state index in [9.17, 15) is 4.79 Å². The van der Waals surface area contributed by atoms with Crippen molar-refractivity contribution < 1.29 is 4.79 Å². The first kappa shape index (κ1) is 28.6. The number of nitrogens with one attached hydrogen (secondary N) is 1. The molecule has 3 aromatic carbocycles. The highest BCUT2D eigenvalue weighted by Crippen LogP contribution is 2.26. The number of halogens is 1. The van der Waals surface area contributed by atoms with Gasteiger partial charge in [-0.05, 0) is 49.8 Å². The second-order valence-electron chi connectivity index (χ2n) is 9.63. The van der Waals surface area contributed by atoms with Gasteiger partial charge in [-0.1, -0.05) is 96.2 Å². The van der Waals surface area contributed by atoms with Crippen molar-refractivity contribution in [3.63, 3.8) is 0 Å². The molecule has 0 bridgehead atoms. The van der Waals surface area contributed by atoms with Gasteiger partial charge in [-0.15, -0.1) is 0 Å². The summed E-state index contributed by atoms with van der Waals surface area (Å²) in [4.78, 5) is 26.4. The number of carbonyl (C=O) groups is 1. The molecule has 0 saturated carbocycles. The van der Waals surface area contributed by atoms with E-state index in [0.29, 0.717) is 21.6 Å². The van der Waals surface area contributed by atoms with Gasteiger partial charge in [0.25, 0.3) is 5.91 Å².